The first-order chi connectivity index (χ1) is 6.04. The summed E-state index contributed by atoms with van der Waals surface area (Å²) in [6.45, 7) is 13.6. The molecule has 13 heavy (non-hydrogen) atoms. The minimum Gasteiger partial charge on any atom is -0.289 e. The van der Waals surface area contributed by atoms with E-state index < -0.39 is 7.44 Å². The average Bonchev–Trinajstić information content (AvgIpc) is 2.07. The van der Waals surface area contributed by atoms with Crippen LogP contribution in [0.3, 0.4) is 0 Å². The Morgan fingerprint density at radius 1 is 0.846 bits per heavy atom. The van der Waals surface area contributed by atoms with Gasteiger partial charge in [0.25, 0.3) is 0 Å². The van der Waals surface area contributed by atoms with E-state index in [0.29, 0.717) is 0 Å². The second-order valence-corrected chi connectivity index (χ2v) is 5.92. The third-order valence-corrected chi connectivity index (χ3v) is 5.74. The van der Waals surface area contributed by atoms with E-state index in [4.69, 9.17) is 0 Å². The summed E-state index contributed by atoms with van der Waals surface area (Å²) in [7, 11) is -2.25. The highest BCUT2D eigenvalue weighted by Crippen LogP contribution is 2.48. The van der Waals surface area contributed by atoms with Gasteiger partial charge in [-0.25, -0.2) is 9.34 Å². The molecule has 0 atom stereocenters. The number of hydrogen-bond acceptors (Lipinski definition) is 1. The highest BCUT2D eigenvalue weighted by atomic mass is 31.2. The Morgan fingerprint density at radius 3 is 1.23 bits per heavy atom. The Labute approximate surface area is 82.6 Å². The Hall–Kier alpha value is 0.150. The van der Waals surface area contributed by atoms with Crippen molar-refractivity contribution >= 4 is 7.44 Å². The summed E-state index contributed by atoms with van der Waals surface area (Å²) in [6, 6.07) is 0. The maximum Gasteiger partial charge on any atom is 0.213 e. The Kier molecular flexibility index (Phi) is 5.86. The molecule has 0 bridgehead atoms. The predicted octanol–water partition coefficient (Wildman–Crippen LogP) is 2.49. The molecule has 0 unspecified atom stereocenters. The number of rotatable bonds is 6. The zero-order valence-electron chi connectivity index (χ0n) is 9.58. The monoisotopic (exact) mass is 206 g/mol. The minimum absolute atomic E-state index is 0.862. The van der Waals surface area contributed by atoms with Crippen LogP contribution in [-0.2, 0) is 4.57 Å². The van der Waals surface area contributed by atoms with Crippen LogP contribution < -0.4 is 0 Å². The van der Waals surface area contributed by atoms with Crippen molar-refractivity contribution < 1.29 is 4.57 Å². The summed E-state index contributed by atoms with van der Waals surface area (Å²) in [5.74, 6) is 0. The Balaban J connectivity index is 4.59. The second kappa shape index (κ2) is 5.79. The second-order valence-electron chi connectivity index (χ2n) is 3.11. The lowest BCUT2D eigenvalue weighted by atomic mass is 10.7. The van der Waals surface area contributed by atoms with E-state index >= 15 is 0 Å². The lowest BCUT2D eigenvalue weighted by Crippen LogP contribution is -2.31. The van der Waals surface area contributed by atoms with Crippen molar-refractivity contribution in [3.63, 3.8) is 0 Å². The maximum absolute atomic E-state index is 12.4. The van der Waals surface area contributed by atoms with Crippen LogP contribution in [0, 0.1) is 0 Å². The molecule has 0 N–H and O–H groups in total. The van der Waals surface area contributed by atoms with Crippen LogP contribution >= 0.6 is 7.44 Å². The molecule has 0 aromatic carbocycles. The van der Waals surface area contributed by atoms with Crippen molar-refractivity contribution in [2.45, 2.75) is 27.7 Å². The Bertz CT molecular complexity index is 160. The molecule has 0 aliphatic heterocycles. The molecular formula is C9H23N2OP. The van der Waals surface area contributed by atoms with E-state index in [1.165, 1.54) is 0 Å². The molecule has 3 nitrogen and oxygen atoms in total. The molecule has 0 saturated carbocycles. The molecule has 0 heterocycles. The SMILES string of the molecule is CCN(CC)P(C)(=O)N(CC)CC. The molecule has 0 rings (SSSR count). The predicted molar refractivity (Wildman–Crippen MR) is 59.4 cm³/mol. The first-order valence-electron chi connectivity index (χ1n) is 5.12. The van der Waals surface area contributed by atoms with Gasteiger partial charge in [-0.3, -0.25) is 4.57 Å². The van der Waals surface area contributed by atoms with E-state index in [9.17, 15) is 4.57 Å². The standard InChI is InChI=1S/C9H23N2OP/c1-6-10(7-2)13(5,12)11(8-3)9-4/h6-9H2,1-5H3. The molecule has 0 radical (unpaired) electrons. The van der Waals surface area contributed by atoms with Gasteiger partial charge in [0, 0.05) is 32.8 Å². The van der Waals surface area contributed by atoms with Gasteiger partial charge < -0.3 is 0 Å². The minimum atomic E-state index is -2.25. The molecule has 0 amide bonds. The number of hydrogen-bond donors (Lipinski definition) is 0. The van der Waals surface area contributed by atoms with Crippen LogP contribution in [-0.4, -0.2) is 42.2 Å². The highest BCUT2D eigenvalue weighted by Gasteiger charge is 2.27. The first-order valence-corrected chi connectivity index (χ1v) is 7.18. The van der Waals surface area contributed by atoms with Gasteiger partial charge in [-0.15, -0.1) is 0 Å². The molecule has 0 aliphatic carbocycles. The summed E-state index contributed by atoms with van der Waals surface area (Å²) in [5.41, 5.74) is 0. The van der Waals surface area contributed by atoms with Crippen LogP contribution in [0.1, 0.15) is 27.7 Å². The molecular weight excluding hydrogens is 183 g/mol. The van der Waals surface area contributed by atoms with Gasteiger partial charge in [0.15, 0.2) is 0 Å². The summed E-state index contributed by atoms with van der Waals surface area (Å²) in [6.07, 6.45) is 0. The van der Waals surface area contributed by atoms with Crippen LogP contribution in [0.15, 0.2) is 0 Å². The van der Waals surface area contributed by atoms with Crippen LogP contribution in [0.2, 0.25) is 0 Å². The van der Waals surface area contributed by atoms with E-state index in [-0.39, 0.29) is 0 Å². The van der Waals surface area contributed by atoms with Gasteiger partial charge >= 0.3 is 0 Å². The third-order valence-electron chi connectivity index (χ3n) is 2.51. The van der Waals surface area contributed by atoms with E-state index in [2.05, 4.69) is 37.0 Å². The molecule has 0 fully saturated rings. The zero-order valence-corrected chi connectivity index (χ0v) is 10.5. The smallest absolute Gasteiger partial charge is 0.213 e. The van der Waals surface area contributed by atoms with Gasteiger partial charge in [-0.1, -0.05) is 27.7 Å². The maximum atomic E-state index is 12.4. The zero-order chi connectivity index (χ0) is 10.5. The van der Waals surface area contributed by atoms with Crippen molar-refractivity contribution in [3.05, 3.63) is 0 Å². The van der Waals surface area contributed by atoms with Crippen LogP contribution in [0.4, 0.5) is 0 Å². The fourth-order valence-electron chi connectivity index (χ4n) is 1.68. The van der Waals surface area contributed by atoms with Crippen LogP contribution in [0.5, 0.6) is 0 Å². The Morgan fingerprint density at radius 2 is 1.08 bits per heavy atom. The van der Waals surface area contributed by atoms with Crippen molar-refractivity contribution in [1.82, 2.24) is 9.34 Å². The van der Waals surface area contributed by atoms with Crippen LogP contribution in [0.25, 0.3) is 0 Å². The molecule has 0 spiro atoms. The molecule has 0 saturated heterocycles. The quantitative estimate of drug-likeness (QED) is 0.624. The van der Waals surface area contributed by atoms with Gasteiger partial charge in [0.05, 0.1) is 0 Å². The van der Waals surface area contributed by atoms with Crippen molar-refractivity contribution in [2.24, 2.45) is 0 Å². The number of nitrogens with zero attached hydrogens (tertiary/aromatic N) is 2. The summed E-state index contributed by atoms with van der Waals surface area (Å²) < 4.78 is 16.5. The van der Waals surface area contributed by atoms with Crippen molar-refractivity contribution in [3.8, 4) is 0 Å². The summed E-state index contributed by atoms with van der Waals surface area (Å²) in [4.78, 5) is 0. The fourth-order valence-corrected chi connectivity index (χ4v) is 4.13. The molecule has 0 aromatic heterocycles. The molecule has 4 heteroatoms. The van der Waals surface area contributed by atoms with E-state index in [1.54, 1.807) is 0 Å². The van der Waals surface area contributed by atoms with Gasteiger partial charge in [0.1, 0.15) is 0 Å². The highest BCUT2D eigenvalue weighted by molar-refractivity contribution is 7.58. The third kappa shape index (κ3) is 3.08. The van der Waals surface area contributed by atoms with E-state index in [1.807, 2.05) is 6.66 Å². The lowest BCUT2D eigenvalue weighted by molar-refractivity contribution is 0.365. The fraction of sp³-hybridized carbons (Fsp3) is 1.00. The van der Waals surface area contributed by atoms with Gasteiger partial charge in [0.2, 0.25) is 7.44 Å². The topological polar surface area (TPSA) is 23.6 Å². The first kappa shape index (κ1) is 13.2. The molecule has 80 valence electrons. The normalized spacial score (nSPS) is 12.8. The largest absolute Gasteiger partial charge is 0.289 e. The van der Waals surface area contributed by atoms with Crippen molar-refractivity contribution in [1.29, 1.82) is 0 Å². The summed E-state index contributed by atoms with van der Waals surface area (Å²) >= 11 is 0. The lowest BCUT2D eigenvalue weighted by Gasteiger charge is -2.34. The van der Waals surface area contributed by atoms with Gasteiger partial charge in [-0.2, -0.15) is 0 Å². The van der Waals surface area contributed by atoms with E-state index in [0.717, 1.165) is 26.2 Å². The van der Waals surface area contributed by atoms with Gasteiger partial charge in [-0.05, 0) is 0 Å². The van der Waals surface area contributed by atoms with Crippen molar-refractivity contribution in [2.75, 3.05) is 32.8 Å². The average molecular weight is 206 g/mol. The molecule has 0 aliphatic rings. The molecule has 0 aromatic rings. The summed E-state index contributed by atoms with van der Waals surface area (Å²) in [5, 5.41) is 0.